The van der Waals surface area contributed by atoms with E-state index in [0.717, 1.165) is 11.1 Å². The molecule has 0 saturated carbocycles. The minimum Gasteiger partial charge on any atom is -0.492 e. The number of nitrogens with zero attached hydrogens (tertiary/aromatic N) is 2. The van der Waals surface area contributed by atoms with Crippen molar-refractivity contribution in [3.8, 4) is 11.5 Å². The molecule has 1 heterocycles. The van der Waals surface area contributed by atoms with Crippen molar-refractivity contribution in [1.29, 1.82) is 0 Å². The van der Waals surface area contributed by atoms with E-state index in [4.69, 9.17) is 32.7 Å². The first-order valence-electron chi connectivity index (χ1n) is 9.44. The molecule has 0 atom stereocenters. The lowest BCUT2D eigenvalue weighted by Crippen LogP contribution is -2.16. The number of hydrogen-bond acceptors (Lipinski definition) is 6. The van der Waals surface area contributed by atoms with Gasteiger partial charge in [0.15, 0.2) is 0 Å². The van der Waals surface area contributed by atoms with Crippen LogP contribution in [0.4, 0.5) is 5.95 Å². The summed E-state index contributed by atoms with van der Waals surface area (Å²) >= 11 is 12.0. The third kappa shape index (κ3) is 6.23. The van der Waals surface area contributed by atoms with E-state index >= 15 is 0 Å². The number of carboxylic acid groups (broad SMARTS) is 1. The SMILES string of the molecule is Cc1cc(OCc2nc(NCCOc3ccc(Cl)cc3)ncc2C(=O)O)cc(C)c1Cl. The van der Waals surface area contributed by atoms with Crippen molar-refractivity contribution < 1.29 is 19.4 Å². The Balaban J connectivity index is 1.63. The van der Waals surface area contributed by atoms with E-state index in [2.05, 4.69) is 15.3 Å². The van der Waals surface area contributed by atoms with Gasteiger partial charge in [-0.1, -0.05) is 23.2 Å². The predicted octanol–water partition coefficient (Wildman–Crippen LogP) is 5.17. The molecule has 162 valence electrons. The Kier molecular flexibility index (Phi) is 7.55. The summed E-state index contributed by atoms with van der Waals surface area (Å²) in [5.74, 6) is 0.433. The van der Waals surface area contributed by atoms with E-state index in [1.165, 1.54) is 6.20 Å². The molecule has 0 bridgehead atoms. The molecule has 31 heavy (non-hydrogen) atoms. The number of aromatic carboxylic acids is 1. The average molecular weight is 462 g/mol. The Morgan fingerprint density at radius 1 is 1.06 bits per heavy atom. The average Bonchev–Trinajstić information content (AvgIpc) is 2.74. The highest BCUT2D eigenvalue weighted by atomic mass is 35.5. The van der Waals surface area contributed by atoms with E-state index < -0.39 is 5.97 Å². The van der Waals surface area contributed by atoms with Gasteiger partial charge in [-0.2, -0.15) is 0 Å². The van der Waals surface area contributed by atoms with Gasteiger partial charge in [-0.3, -0.25) is 0 Å². The quantitative estimate of drug-likeness (QED) is 0.424. The Labute approximate surface area is 190 Å². The highest BCUT2D eigenvalue weighted by molar-refractivity contribution is 6.32. The van der Waals surface area contributed by atoms with Crippen LogP contribution in [0.25, 0.3) is 0 Å². The summed E-state index contributed by atoms with van der Waals surface area (Å²) in [5.41, 5.74) is 1.99. The van der Waals surface area contributed by atoms with Gasteiger partial charge in [-0.15, -0.1) is 0 Å². The molecule has 0 aliphatic carbocycles. The molecule has 0 spiro atoms. The van der Waals surface area contributed by atoms with Gasteiger partial charge in [0.25, 0.3) is 0 Å². The minimum absolute atomic E-state index is 0.0228. The Morgan fingerprint density at radius 3 is 2.39 bits per heavy atom. The molecule has 0 radical (unpaired) electrons. The van der Waals surface area contributed by atoms with Crippen LogP contribution in [0, 0.1) is 13.8 Å². The van der Waals surface area contributed by atoms with Crippen molar-refractivity contribution >= 4 is 35.1 Å². The van der Waals surface area contributed by atoms with Crippen molar-refractivity contribution in [2.75, 3.05) is 18.5 Å². The smallest absolute Gasteiger partial charge is 0.339 e. The summed E-state index contributed by atoms with van der Waals surface area (Å²) in [7, 11) is 0. The lowest BCUT2D eigenvalue weighted by atomic mass is 10.1. The molecule has 0 aliphatic heterocycles. The fourth-order valence-electron chi connectivity index (χ4n) is 2.79. The number of carboxylic acids is 1. The third-order valence-electron chi connectivity index (χ3n) is 4.35. The molecular formula is C22H21Cl2N3O4. The van der Waals surface area contributed by atoms with Crippen LogP contribution in [0.2, 0.25) is 10.0 Å². The van der Waals surface area contributed by atoms with Crippen LogP contribution in [0.1, 0.15) is 27.2 Å². The molecular weight excluding hydrogens is 441 g/mol. The minimum atomic E-state index is -1.13. The van der Waals surface area contributed by atoms with Crippen LogP contribution in [0.5, 0.6) is 11.5 Å². The molecule has 3 aromatic rings. The molecule has 7 nitrogen and oxygen atoms in total. The fourth-order valence-corrected chi connectivity index (χ4v) is 3.03. The van der Waals surface area contributed by atoms with E-state index in [9.17, 15) is 9.90 Å². The zero-order chi connectivity index (χ0) is 22.4. The Morgan fingerprint density at radius 2 is 1.74 bits per heavy atom. The molecule has 0 saturated heterocycles. The number of anilines is 1. The second kappa shape index (κ2) is 10.3. The Bertz CT molecular complexity index is 1050. The summed E-state index contributed by atoms with van der Waals surface area (Å²) in [6.07, 6.45) is 1.26. The molecule has 2 N–H and O–H groups in total. The third-order valence-corrected chi connectivity index (χ3v) is 5.20. The molecule has 2 aromatic carbocycles. The first-order chi connectivity index (χ1) is 14.8. The number of nitrogens with one attached hydrogen (secondary N) is 1. The van der Waals surface area contributed by atoms with Gasteiger partial charge < -0.3 is 19.9 Å². The topological polar surface area (TPSA) is 93.6 Å². The number of benzene rings is 2. The number of carbonyl (C=O) groups is 1. The first-order valence-corrected chi connectivity index (χ1v) is 10.2. The van der Waals surface area contributed by atoms with E-state index in [0.29, 0.717) is 34.7 Å². The molecule has 9 heteroatoms. The van der Waals surface area contributed by atoms with Gasteiger partial charge in [-0.05, 0) is 61.4 Å². The summed E-state index contributed by atoms with van der Waals surface area (Å²) in [6, 6.07) is 10.6. The van der Waals surface area contributed by atoms with Gasteiger partial charge in [0.05, 0.1) is 12.2 Å². The summed E-state index contributed by atoms with van der Waals surface area (Å²) in [5, 5.41) is 13.8. The van der Waals surface area contributed by atoms with Gasteiger partial charge in [-0.25, -0.2) is 14.8 Å². The number of halogens is 2. The van der Waals surface area contributed by atoms with Crippen LogP contribution in [-0.2, 0) is 6.61 Å². The highest BCUT2D eigenvalue weighted by Crippen LogP contribution is 2.26. The number of aryl methyl sites for hydroxylation is 2. The number of aromatic nitrogens is 2. The zero-order valence-electron chi connectivity index (χ0n) is 17.0. The summed E-state index contributed by atoms with van der Waals surface area (Å²) in [6.45, 7) is 4.51. The van der Waals surface area contributed by atoms with Gasteiger partial charge >= 0.3 is 5.97 Å². The van der Waals surface area contributed by atoms with Gasteiger partial charge in [0.1, 0.15) is 30.3 Å². The molecule has 1 aromatic heterocycles. The van der Waals surface area contributed by atoms with Crippen LogP contribution in [-0.4, -0.2) is 34.2 Å². The van der Waals surface area contributed by atoms with Gasteiger partial charge in [0, 0.05) is 16.2 Å². The highest BCUT2D eigenvalue weighted by Gasteiger charge is 2.15. The van der Waals surface area contributed by atoms with Crippen LogP contribution in [0.3, 0.4) is 0 Å². The maximum Gasteiger partial charge on any atom is 0.339 e. The van der Waals surface area contributed by atoms with Crippen LogP contribution in [0.15, 0.2) is 42.6 Å². The van der Waals surface area contributed by atoms with Gasteiger partial charge in [0.2, 0.25) is 5.95 Å². The maximum atomic E-state index is 11.5. The number of ether oxygens (including phenoxy) is 2. The molecule has 0 unspecified atom stereocenters. The largest absolute Gasteiger partial charge is 0.492 e. The summed E-state index contributed by atoms with van der Waals surface area (Å²) in [4.78, 5) is 19.9. The number of rotatable bonds is 9. The molecule has 0 fully saturated rings. The normalized spacial score (nSPS) is 10.6. The van der Waals surface area contributed by atoms with Crippen molar-refractivity contribution in [1.82, 2.24) is 9.97 Å². The Hall–Kier alpha value is -3.03. The van der Waals surface area contributed by atoms with Crippen molar-refractivity contribution in [2.45, 2.75) is 20.5 Å². The lowest BCUT2D eigenvalue weighted by Gasteiger charge is -2.12. The van der Waals surface area contributed by atoms with Crippen molar-refractivity contribution in [3.05, 3.63) is 75.0 Å². The first kappa shape index (κ1) is 22.7. The monoisotopic (exact) mass is 461 g/mol. The van der Waals surface area contributed by atoms with Crippen molar-refractivity contribution in [3.63, 3.8) is 0 Å². The molecule has 0 amide bonds. The maximum absolute atomic E-state index is 11.5. The van der Waals surface area contributed by atoms with Crippen molar-refractivity contribution in [2.24, 2.45) is 0 Å². The van der Waals surface area contributed by atoms with Crippen LogP contribution < -0.4 is 14.8 Å². The second-order valence-electron chi connectivity index (χ2n) is 6.75. The summed E-state index contributed by atoms with van der Waals surface area (Å²) < 4.78 is 11.4. The zero-order valence-corrected chi connectivity index (χ0v) is 18.5. The predicted molar refractivity (Wildman–Crippen MR) is 120 cm³/mol. The van der Waals surface area contributed by atoms with E-state index in [1.54, 1.807) is 36.4 Å². The standard InChI is InChI=1S/C22H21Cl2N3O4/c1-13-9-17(10-14(2)20(13)24)31-12-19-18(21(28)29)11-26-22(27-19)25-7-8-30-16-5-3-15(23)4-6-16/h3-6,9-11H,7-8,12H2,1-2H3,(H,28,29)(H,25,26,27). The fraction of sp³-hybridized carbons (Fsp3) is 0.227. The van der Waals surface area contributed by atoms with E-state index in [1.807, 2.05) is 13.8 Å². The lowest BCUT2D eigenvalue weighted by molar-refractivity contribution is 0.0692. The number of hydrogen-bond donors (Lipinski definition) is 2. The second-order valence-corrected chi connectivity index (χ2v) is 7.56. The molecule has 0 aliphatic rings. The van der Waals surface area contributed by atoms with E-state index in [-0.39, 0.29) is 23.8 Å². The van der Waals surface area contributed by atoms with Crippen LogP contribution >= 0.6 is 23.2 Å². The molecule has 3 rings (SSSR count).